The quantitative estimate of drug-likeness (QED) is 0.0728. The second kappa shape index (κ2) is 24.9. The Morgan fingerprint density at radius 1 is 0.204 bits per heavy atom. The summed E-state index contributed by atoms with van der Waals surface area (Å²) in [6.07, 6.45) is 0. The lowest BCUT2D eigenvalue weighted by Gasteiger charge is -2.39. The van der Waals surface area contributed by atoms with Gasteiger partial charge in [0.05, 0.1) is 73.7 Å². The molecule has 0 amide bonds. The number of hydrogen-bond donors (Lipinski definition) is 0. The molecule has 0 aromatic heterocycles. The zero-order valence-corrected chi connectivity index (χ0v) is 53.0. The topological polar surface area (TPSA) is 86.8 Å². The number of methoxy groups -OCH3 is 8. The van der Waals surface area contributed by atoms with Crippen molar-refractivity contribution in [1.82, 2.24) is 0 Å². The molecule has 0 N–H and O–H groups in total. The predicted octanol–water partition coefficient (Wildman–Crippen LogP) is 20.0. The molecule has 12 aromatic rings. The van der Waals surface area contributed by atoms with Crippen molar-refractivity contribution in [3.63, 3.8) is 0 Å². The van der Waals surface area contributed by atoms with Gasteiger partial charge in [-0.1, -0.05) is 36.4 Å². The Kier molecular flexibility index (Phi) is 15.8. The first-order valence-corrected chi connectivity index (χ1v) is 30.6. The minimum atomic E-state index is -1.14. The molecule has 0 radical (unpaired) electrons. The van der Waals surface area contributed by atoms with E-state index >= 15 is 0 Å². The molecule has 0 heterocycles. The number of rotatable bonds is 20. The lowest BCUT2D eigenvalue weighted by Crippen LogP contribution is -2.30. The van der Waals surface area contributed by atoms with Crippen molar-refractivity contribution < 1.29 is 37.9 Å². The lowest BCUT2D eigenvalue weighted by molar-refractivity contribution is 0.414. The van der Waals surface area contributed by atoms with E-state index in [0.29, 0.717) is 0 Å². The lowest BCUT2D eigenvalue weighted by atomic mass is 9.69. The maximum Gasteiger partial charge on any atom is 0.119 e. The number of hydrogen-bond acceptors (Lipinski definition) is 12. The van der Waals surface area contributed by atoms with Gasteiger partial charge in [-0.05, 0) is 264 Å². The van der Waals surface area contributed by atoms with Crippen LogP contribution in [0.3, 0.4) is 0 Å². The third-order valence-corrected chi connectivity index (χ3v) is 17.9. The Balaban J connectivity index is 1.15. The molecular formula is C81H68N4O8. The fraction of sp³-hybridized carbons (Fsp3) is 0.111. The normalized spacial score (nSPS) is 12.0. The zero-order chi connectivity index (χ0) is 63.7. The molecule has 0 atom stereocenters. The van der Waals surface area contributed by atoms with Crippen molar-refractivity contribution in [3.8, 4) is 68.2 Å². The van der Waals surface area contributed by atoms with Crippen LogP contribution in [0.5, 0.6) is 46.0 Å². The molecule has 2 aliphatic rings. The molecule has 0 saturated carbocycles. The largest absolute Gasteiger partial charge is 0.497 e. The van der Waals surface area contributed by atoms with Crippen molar-refractivity contribution in [2.24, 2.45) is 0 Å². The third kappa shape index (κ3) is 10.3. The van der Waals surface area contributed by atoms with Gasteiger partial charge in [0.2, 0.25) is 0 Å². The molecule has 2 aliphatic carbocycles. The summed E-state index contributed by atoms with van der Waals surface area (Å²) < 4.78 is 46.5. The maximum absolute atomic E-state index is 5.84. The number of ether oxygens (including phenoxy) is 8. The van der Waals surface area contributed by atoms with Gasteiger partial charge in [-0.25, -0.2) is 0 Å². The molecular weight excluding hydrogens is 1160 g/mol. The summed E-state index contributed by atoms with van der Waals surface area (Å²) in [5, 5.41) is 0. The summed E-state index contributed by atoms with van der Waals surface area (Å²) in [6, 6.07) is 93.8. The summed E-state index contributed by atoms with van der Waals surface area (Å²) in [7, 11) is 13.6. The fourth-order valence-electron chi connectivity index (χ4n) is 13.5. The second-order valence-corrected chi connectivity index (χ2v) is 22.5. The smallest absolute Gasteiger partial charge is 0.119 e. The Morgan fingerprint density at radius 3 is 0.624 bits per heavy atom. The molecule has 12 heteroatoms. The highest BCUT2D eigenvalue weighted by Crippen LogP contribution is 2.69. The number of anilines is 12. The SMILES string of the molecule is COc1ccc(N(c2ccc(OC)cc2)c2ccc3c(c2)C2(c4cc(N(c5ccc(OC)cc5)c5ccc(OC)cc5)ccc4-c4cccc(N(c5ccc(OC)cc5)c5ccc(OC)cc5)c42)c2c-3cccc2N(c2ccc(OC)cc2)c2ccc(OC)cc2)cc1. The van der Waals surface area contributed by atoms with Crippen molar-refractivity contribution >= 4 is 68.2 Å². The van der Waals surface area contributed by atoms with Gasteiger partial charge in [0.25, 0.3) is 0 Å². The Hall–Kier alpha value is -11.8. The molecule has 0 saturated heterocycles. The highest BCUT2D eigenvalue weighted by molar-refractivity contribution is 6.04. The minimum Gasteiger partial charge on any atom is -0.497 e. The van der Waals surface area contributed by atoms with E-state index in [-0.39, 0.29) is 0 Å². The van der Waals surface area contributed by atoms with Crippen LogP contribution < -0.4 is 57.5 Å². The van der Waals surface area contributed by atoms with E-state index in [0.717, 1.165) is 159 Å². The van der Waals surface area contributed by atoms with Crippen LogP contribution in [-0.2, 0) is 5.41 Å². The van der Waals surface area contributed by atoms with E-state index in [1.165, 1.54) is 0 Å². The van der Waals surface area contributed by atoms with Crippen LogP contribution in [-0.4, -0.2) is 56.9 Å². The third-order valence-electron chi connectivity index (χ3n) is 17.9. The molecule has 0 bridgehead atoms. The highest BCUT2D eigenvalue weighted by atomic mass is 16.5. The fourth-order valence-corrected chi connectivity index (χ4v) is 13.5. The number of fused-ring (bicyclic) bond motifs is 10. The van der Waals surface area contributed by atoms with Crippen LogP contribution in [0.1, 0.15) is 22.3 Å². The molecule has 14 rings (SSSR count). The summed E-state index contributed by atoms with van der Waals surface area (Å²) >= 11 is 0. The predicted molar refractivity (Wildman–Crippen MR) is 374 cm³/mol. The molecule has 0 aliphatic heterocycles. The Labute approximate surface area is 542 Å². The summed E-state index contributed by atoms with van der Waals surface area (Å²) in [5.74, 6) is 5.98. The Morgan fingerprint density at radius 2 is 0.409 bits per heavy atom. The first kappa shape index (κ1) is 58.9. The van der Waals surface area contributed by atoms with Gasteiger partial charge in [-0.15, -0.1) is 0 Å². The van der Waals surface area contributed by atoms with Gasteiger partial charge in [0, 0.05) is 68.0 Å². The van der Waals surface area contributed by atoms with E-state index in [2.05, 4.69) is 189 Å². The van der Waals surface area contributed by atoms with Crippen molar-refractivity contribution in [2.45, 2.75) is 5.41 Å². The van der Waals surface area contributed by atoms with E-state index in [1.807, 2.05) is 97.1 Å². The summed E-state index contributed by atoms with van der Waals surface area (Å²) in [6.45, 7) is 0. The van der Waals surface area contributed by atoms with Gasteiger partial charge in [-0.2, -0.15) is 0 Å². The van der Waals surface area contributed by atoms with Gasteiger partial charge in [0.1, 0.15) is 46.0 Å². The van der Waals surface area contributed by atoms with E-state index in [4.69, 9.17) is 37.9 Å². The second-order valence-electron chi connectivity index (χ2n) is 22.5. The highest BCUT2D eigenvalue weighted by Gasteiger charge is 2.56. The Bertz CT molecular complexity index is 4150. The van der Waals surface area contributed by atoms with Gasteiger partial charge < -0.3 is 57.5 Å². The van der Waals surface area contributed by atoms with Crippen molar-refractivity contribution in [3.05, 3.63) is 289 Å². The molecule has 1 spiro atoms. The van der Waals surface area contributed by atoms with Crippen LogP contribution >= 0.6 is 0 Å². The monoisotopic (exact) mass is 1220 g/mol. The average molecular weight is 1230 g/mol. The minimum absolute atomic E-state index is 0.743. The molecule has 0 unspecified atom stereocenters. The molecule has 460 valence electrons. The maximum atomic E-state index is 5.84. The van der Waals surface area contributed by atoms with Crippen molar-refractivity contribution in [1.29, 1.82) is 0 Å². The van der Waals surface area contributed by atoms with Crippen LogP contribution in [0.25, 0.3) is 22.3 Å². The zero-order valence-electron chi connectivity index (χ0n) is 53.0. The molecule has 93 heavy (non-hydrogen) atoms. The first-order chi connectivity index (χ1) is 45.7. The van der Waals surface area contributed by atoms with E-state index in [1.54, 1.807) is 56.9 Å². The average Bonchev–Trinajstić information content (AvgIpc) is 1.50. The van der Waals surface area contributed by atoms with Gasteiger partial charge >= 0.3 is 0 Å². The summed E-state index contributed by atoms with van der Waals surface area (Å²) in [5.41, 5.74) is 18.7. The van der Waals surface area contributed by atoms with E-state index < -0.39 is 5.41 Å². The number of benzene rings is 12. The van der Waals surface area contributed by atoms with Crippen molar-refractivity contribution in [2.75, 3.05) is 76.5 Å². The summed E-state index contributed by atoms with van der Waals surface area (Å²) in [4.78, 5) is 9.38. The molecule has 12 aromatic carbocycles. The van der Waals surface area contributed by atoms with Crippen LogP contribution in [0.2, 0.25) is 0 Å². The van der Waals surface area contributed by atoms with Crippen LogP contribution in [0.15, 0.2) is 267 Å². The first-order valence-electron chi connectivity index (χ1n) is 30.6. The molecule has 0 fully saturated rings. The van der Waals surface area contributed by atoms with Gasteiger partial charge in [0.15, 0.2) is 0 Å². The molecule has 12 nitrogen and oxygen atoms in total. The van der Waals surface area contributed by atoms with Crippen LogP contribution in [0, 0.1) is 0 Å². The number of nitrogens with zero attached hydrogens (tertiary/aromatic N) is 4. The van der Waals surface area contributed by atoms with E-state index in [9.17, 15) is 0 Å². The van der Waals surface area contributed by atoms with Crippen LogP contribution in [0.4, 0.5) is 68.2 Å². The van der Waals surface area contributed by atoms with Gasteiger partial charge in [-0.3, -0.25) is 0 Å². The standard InChI is InChI=1S/C81H68N4O8/c1-86-63-33-15-53(16-34-63)82(54-17-35-64(87-2)36-18-54)61-31-49-71-73-11-9-13-77(84(57-23-41-67(90-5)42-24-57)58-25-43-68(91-6)44-26-58)79(73)81(75(71)51-61)76-52-62(83(55-19-37-65(88-3)38-20-55)56-21-39-66(89-4)40-22-56)32-50-72(76)74-12-10-14-78(80(74)81)85(59-27-45-69(92-7)46-28-59)60-29-47-70(93-8)48-30-60/h9-52H,1-8H3.